The third-order valence-electron chi connectivity index (χ3n) is 6.03. The number of carbonyl (C=O) groups is 3. The van der Waals surface area contributed by atoms with Crippen molar-refractivity contribution in [2.75, 3.05) is 11.9 Å². The van der Waals surface area contributed by atoms with Gasteiger partial charge in [0.1, 0.15) is 18.2 Å². The lowest BCUT2D eigenvalue weighted by molar-refractivity contribution is -0.143. The number of carbonyl (C=O) groups excluding carboxylic acids is 3. The molecule has 0 spiro atoms. The van der Waals surface area contributed by atoms with E-state index in [9.17, 15) is 14.4 Å². The maximum Gasteiger partial charge on any atom is 0.408 e. The number of alkyl carbamates (subject to hydrolysis) is 1. The van der Waals surface area contributed by atoms with Crippen LogP contribution >= 0.6 is 0 Å². The summed E-state index contributed by atoms with van der Waals surface area (Å²) in [5.41, 5.74) is 3.76. The van der Waals surface area contributed by atoms with Gasteiger partial charge in [0, 0.05) is 11.7 Å². The topological polar surface area (TPSA) is 87.7 Å². The van der Waals surface area contributed by atoms with Crippen molar-refractivity contribution in [3.8, 4) is 0 Å². The molecule has 188 valence electrons. The largest absolute Gasteiger partial charge is 0.444 e. The molecule has 7 nitrogen and oxygen atoms in total. The Balaban J connectivity index is 1.94. The zero-order valence-electron chi connectivity index (χ0n) is 21.6. The Morgan fingerprint density at radius 2 is 1.66 bits per heavy atom. The molecule has 2 N–H and O–H groups in total. The number of benzene rings is 2. The van der Waals surface area contributed by atoms with Gasteiger partial charge in [-0.05, 0) is 78.0 Å². The van der Waals surface area contributed by atoms with Crippen molar-refractivity contribution >= 4 is 23.6 Å². The summed E-state index contributed by atoms with van der Waals surface area (Å²) < 4.78 is 5.28. The highest BCUT2D eigenvalue weighted by Crippen LogP contribution is 2.34. The van der Waals surface area contributed by atoms with Crippen LogP contribution in [0.1, 0.15) is 68.3 Å². The summed E-state index contributed by atoms with van der Waals surface area (Å²) in [5.74, 6) is -0.591. The second kappa shape index (κ2) is 10.9. The van der Waals surface area contributed by atoms with Gasteiger partial charge in [-0.3, -0.25) is 9.59 Å². The first kappa shape index (κ1) is 26.3. The van der Waals surface area contributed by atoms with Crippen molar-refractivity contribution in [1.82, 2.24) is 10.2 Å². The zero-order chi connectivity index (χ0) is 25.8. The Labute approximate surface area is 208 Å². The van der Waals surface area contributed by atoms with Gasteiger partial charge in [-0.15, -0.1) is 0 Å². The lowest BCUT2D eigenvalue weighted by Crippen LogP contribution is -2.53. The van der Waals surface area contributed by atoms with Gasteiger partial charge >= 0.3 is 6.09 Å². The number of hydrogen-bond acceptors (Lipinski definition) is 4. The van der Waals surface area contributed by atoms with Crippen molar-refractivity contribution in [3.05, 3.63) is 64.7 Å². The maximum absolute atomic E-state index is 13.8. The van der Waals surface area contributed by atoms with Crippen molar-refractivity contribution in [2.24, 2.45) is 0 Å². The molecule has 0 saturated heterocycles. The zero-order valence-corrected chi connectivity index (χ0v) is 21.6. The monoisotopic (exact) mass is 479 g/mol. The van der Waals surface area contributed by atoms with E-state index in [1.165, 1.54) is 0 Å². The molecule has 3 amide bonds. The molecule has 7 heteroatoms. The third-order valence-corrected chi connectivity index (χ3v) is 6.03. The number of anilines is 1. The number of amides is 3. The van der Waals surface area contributed by atoms with Crippen molar-refractivity contribution in [1.29, 1.82) is 0 Å². The Kier molecular flexibility index (Phi) is 8.20. The first-order chi connectivity index (χ1) is 16.4. The van der Waals surface area contributed by atoms with E-state index in [0.29, 0.717) is 5.69 Å². The molecule has 0 radical (unpaired) electrons. The van der Waals surface area contributed by atoms with Crippen LogP contribution in [0, 0.1) is 20.8 Å². The van der Waals surface area contributed by atoms with Crippen LogP contribution < -0.4 is 10.6 Å². The Morgan fingerprint density at radius 1 is 1.03 bits per heavy atom. The predicted octanol–water partition coefficient (Wildman–Crippen LogP) is 5.20. The van der Waals surface area contributed by atoms with Gasteiger partial charge in [-0.2, -0.15) is 0 Å². The third kappa shape index (κ3) is 7.07. The standard InChI is InChI=1S/C28H37N3O4/c1-18-14-19(2)16-21(15-18)25(26(33)30-23-13-8-7-10-20(23)3)31(22-11-9-12-22)24(32)17-29-27(34)35-28(4,5)6/h7-8,10,13-16,22,25H,9,11-12,17H2,1-6H3,(H,29,34)(H,30,33). The molecular formula is C28H37N3O4. The Bertz CT molecular complexity index is 1070. The second-order valence-corrected chi connectivity index (χ2v) is 10.4. The molecule has 1 unspecified atom stereocenters. The van der Waals surface area contributed by atoms with Gasteiger partial charge in [0.25, 0.3) is 5.91 Å². The molecular weight excluding hydrogens is 442 g/mol. The molecule has 35 heavy (non-hydrogen) atoms. The average molecular weight is 480 g/mol. The molecule has 0 heterocycles. The Hall–Kier alpha value is -3.35. The minimum absolute atomic E-state index is 0.0728. The highest BCUT2D eigenvalue weighted by Gasteiger charge is 2.39. The van der Waals surface area contributed by atoms with Crippen LogP contribution in [-0.2, 0) is 14.3 Å². The molecule has 1 fully saturated rings. The molecule has 1 saturated carbocycles. The molecule has 2 aromatic carbocycles. The number of aryl methyl sites for hydroxylation is 3. The lowest BCUT2D eigenvalue weighted by Gasteiger charge is -2.42. The van der Waals surface area contributed by atoms with Gasteiger partial charge in [0.15, 0.2) is 0 Å². The fourth-order valence-corrected chi connectivity index (χ4v) is 4.30. The highest BCUT2D eigenvalue weighted by molar-refractivity contribution is 5.99. The molecule has 0 bridgehead atoms. The van der Waals surface area contributed by atoms with Crippen LogP contribution in [-0.4, -0.2) is 41.0 Å². The van der Waals surface area contributed by atoms with Crippen molar-refractivity contribution in [3.63, 3.8) is 0 Å². The van der Waals surface area contributed by atoms with E-state index in [1.54, 1.807) is 25.7 Å². The smallest absolute Gasteiger partial charge is 0.408 e. The summed E-state index contributed by atoms with van der Waals surface area (Å²) in [4.78, 5) is 41.2. The number of nitrogens with one attached hydrogen (secondary N) is 2. The predicted molar refractivity (Wildman–Crippen MR) is 137 cm³/mol. The quantitative estimate of drug-likeness (QED) is 0.572. The first-order valence-electron chi connectivity index (χ1n) is 12.2. The van der Waals surface area contributed by atoms with Crippen molar-refractivity contribution in [2.45, 2.75) is 78.5 Å². The van der Waals surface area contributed by atoms with Gasteiger partial charge in [-0.25, -0.2) is 4.79 Å². The number of ether oxygens (including phenoxy) is 1. The van der Waals surface area contributed by atoms with Gasteiger partial charge < -0.3 is 20.3 Å². The molecule has 1 aliphatic carbocycles. The second-order valence-electron chi connectivity index (χ2n) is 10.4. The summed E-state index contributed by atoms with van der Waals surface area (Å²) in [6, 6.07) is 12.6. The number of nitrogens with zero attached hydrogens (tertiary/aromatic N) is 1. The SMILES string of the molecule is Cc1cc(C)cc(C(C(=O)Nc2ccccc2C)N(C(=O)CNC(=O)OC(C)(C)C)C2CCC2)c1. The molecule has 0 aromatic heterocycles. The number of para-hydroxylation sites is 1. The fourth-order valence-electron chi connectivity index (χ4n) is 4.30. The highest BCUT2D eigenvalue weighted by atomic mass is 16.6. The van der Waals surface area contributed by atoms with E-state index in [1.807, 2.05) is 63.2 Å². The lowest BCUT2D eigenvalue weighted by atomic mass is 9.88. The summed E-state index contributed by atoms with van der Waals surface area (Å²) in [6.07, 6.45) is 1.97. The van der Waals surface area contributed by atoms with Crippen LogP contribution in [0.25, 0.3) is 0 Å². The van der Waals surface area contributed by atoms with E-state index in [4.69, 9.17) is 4.74 Å². The van der Waals surface area contributed by atoms with E-state index < -0.39 is 17.7 Å². The van der Waals surface area contributed by atoms with Crippen LogP contribution in [0.4, 0.5) is 10.5 Å². The van der Waals surface area contributed by atoms with Crippen LogP contribution in [0.3, 0.4) is 0 Å². The van der Waals surface area contributed by atoms with Gasteiger partial charge in [-0.1, -0.05) is 47.5 Å². The minimum Gasteiger partial charge on any atom is -0.444 e. The van der Waals surface area contributed by atoms with Crippen LogP contribution in [0.15, 0.2) is 42.5 Å². The molecule has 1 atom stereocenters. The summed E-state index contributed by atoms with van der Waals surface area (Å²) in [6.45, 7) is 10.9. The first-order valence-corrected chi connectivity index (χ1v) is 12.2. The number of rotatable bonds is 7. The molecule has 2 aromatic rings. The van der Waals surface area contributed by atoms with E-state index in [2.05, 4.69) is 10.6 Å². The van der Waals surface area contributed by atoms with E-state index in [-0.39, 0.29) is 24.4 Å². The summed E-state index contributed by atoms with van der Waals surface area (Å²) in [5, 5.41) is 5.60. The molecule has 1 aliphatic rings. The minimum atomic E-state index is -0.827. The van der Waals surface area contributed by atoms with E-state index >= 15 is 0 Å². The van der Waals surface area contributed by atoms with Crippen LogP contribution in [0.5, 0.6) is 0 Å². The Morgan fingerprint density at radius 3 is 2.20 bits per heavy atom. The van der Waals surface area contributed by atoms with Crippen LogP contribution in [0.2, 0.25) is 0 Å². The maximum atomic E-state index is 13.8. The molecule has 3 rings (SSSR count). The number of hydrogen-bond donors (Lipinski definition) is 2. The summed E-state index contributed by atoms with van der Waals surface area (Å²) in [7, 11) is 0. The van der Waals surface area contributed by atoms with Gasteiger partial charge in [0.2, 0.25) is 5.91 Å². The van der Waals surface area contributed by atoms with Gasteiger partial charge in [0.05, 0.1) is 0 Å². The average Bonchev–Trinajstić information content (AvgIpc) is 2.70. The fraction of sp³-hybridized carbons (Fsp3) is 0.464. The normalized spacial score (nSPS) is 14.5. The summed E-state index contributed by atoms with van der Waals surface area (Å²) >= 11 is 0. The molecule has 0 aliphatic heterocycles. The van der Waals surface area contributed by atoms with E-state index in [0.717, 1.165) is 41.5 Å². The van der Waals surface area contributed by atoms with Crippen molar-refractivity contribution < 1.29 is 19.1 Å².